The van der Waals surface area contributed by atoms with Crippen molar-refractivity contribution in [3.8, 4) is 17.2 Å². The highest BCUT2D eigenvalue weighted by Crippen LogP contribution is 2.34. The Hall–Kier alpha value is -5.12. The van der Waals surface area contributed by atoms with E-state index < -0.39 is 23.8 Å². The number of hydrogen-bond acceptors (Lipinski definition) is 7. The van der Waals surface area contributed by atoms with Crippen molar-refractivity contribution < 1.29 is 38.5 Å². The van der Waals surface area contributed by atoms with Crippen molar-refractivity contribution in [1.82, 2.24) is 5.32 Å². The number of urea groups is 1. The number of carboxylic acids is 1. The molecule has 194 valence electrons. The molecule has 1 aliphatic rings. The molecular formula is C28H24N2O8. The number of benzene rings is 3. The Kier molecular flexibility index (Phi) is 7.72. The number of carbonyl (C=O) groups excluding carboxylic acids is 3. The van der Waals surface area contributed by atoms with Crippen LogP contribution in [0.4, 0.5) is 10.5 Å². The Morgan fingerprint density at radius 3 is 2.42 bits per heavy atom. The lowest BCUT2D eigenvalue weighted by molar-refractivity contribution is -0.122. The van der Waals surface area contributed by atoms with E-state index in [-0.39, 0.29) is 29.2 Å². The van der Waals surface area contributed by atoms with Gasteiger partial charge in [0.2, 0.25) is 0 Å². The summed E-state index contributed by atoms with van der Waals surface area (Å²) < 4.78 is 16.9. The number of carbonyl (C=O) groups is 4. The Balaban J connectivity index is 1.66. The van der Waals surface area contributed by atoms with Crippen molar-refractivity contribution in [1.29, 1.82) is 0 Å². The van der Waals surface area contributed by atoms with Crippen LogP contribution in [0, 0.1) is 0 Å². The van der Waals surface area contributed by atoms with Crippen LogP contribution in [0.15, 0.2) is 72.3 Å². The fourth-order valence-corrected chi connectivity index (χ4v) is 3.79. The Morgan fingerprint density at radius 2 is 1.74 bits per heavy atom. The number of amides is 4. The van der Waals surface area contributed by atoms with Crippen LogP contribution in [-0.4, -0.2) is 42.6 Å². The first kappa shape index (κ1) is 26.0. The van der Waals surface area contributed by atoms with Gasteiger partial charge in [-0.3, -0.25) is 14.9 Å². The number of nitrogens with one attached hydrogen (secondary N) is 1. The molecule has 4 amide bonds. The van der Waals surface area contributed by atoms with Crippen LogP contribution in [-0.2, 0) is 16.2 Å². The average molecular weight is 517 g/mol. The maximum absolute atomic E-state index is 13.4. The van der Waals surface area contributed by atoms with E-state index in [4.69, 9.17) is 19.3 Å². The van der Waals surface area contributed by atoms with Crippen LogP contribution < -0.4 is 24.4 Å². The first-order valence-electron chi connectivity index (χ1n) is 11.6. The molecule has 0 aromatic heterocycles. The van der Waals surface area contributed by atoms with Crippen molar-refractivity contribution in [2.75, 3.05) is 18.6 Å². The molecule has 10 heteroatoms. The summed E-state index contributed by atoms with van der Waals surface area (Å²) in [6.45, 7) is 2.27. The largest absolute Gasteiger partial charge is 0.494 e. The van der Waals surface area contributed by atoms with Gasteiger partial charge in [0.1, 0.15) is 17.9 Å². The molecule has 3 aromatic rings. The molecule has 10 nitrogen and oxygen atoms in total. The number of imide groups is 2. The molecule has 0 aliphatic carbocycles. The van der Waals surface area contributed by atoms with E-state index in [9.17, 15) is 19.2 Å². The van der Waals surface area contributed by atoms with Crippen molar-refractivity contribution in [3.63, 3.8) is 0 Å². The summed E-state index contributed by atoms with van der Waals surface area (Å²) in [4.78, 5) is 50.6. The molecule has 0 bridgehead atoms. The minimum atomic E-state index is -1.04. The van der Waals surface area contributed by atoms with Gasteiger partial charge < -0.3 is 19.3 Å². The van der Waals surface area contributed by atoms with Gasteiger partial charge in [-0.05, 0) is 48.9 Å². The fourth-order valence-electron chi connectivity index (χ4n) is 3.79. The summed E-state index contributed by atoms with van der Waals surface area (Å²) in [5.41, 5.74) is 1.16. The standard InChI is InChI=1S/C28H24N2O8/c1-3-37-21-8-5-7-20(15-21)30-26(32)22(25(31)29-28(30)35)14-19-6-4-9-23(36-2)24(19)38-16-17-10-12-18(13-11-17)27(33)34/h4-15H,3,16H2,1-2H3,(H,33,34)(H,29,31,35)/b22-14+. The molecule has 1 heterocycles. The number of aromatic carboxylic acids is 1. The second-order valence-corrected chi connectivity index (χ2v) is 8.06. The third-order valence-corrected chi connectivity index (χ3v) is 5.60. The number of ether oxygens (including phenoxy) is 3. The van der Waals surface area contributed by atoms with Crippen LogP contribution in [0.3, 0.4) is 0 Å². The molecule has 1 fully saturated rings. The molecule has 1 aliphatic heterocycles. The smallest absolute Gasteiger partial charge is 0.335 e. The van der Waals surface area contributed by atoms with E-state index in [1.165, 1.54) is 31.4 Å². The summed E-state index contributed by atoms with van der Waals surface area (Å²) >= 11 is 0. The van der Waals surface area contributed by atoms with E-state index in [0.717, 1.165) is 4.90 Å². The van der Waals surface area contributed by atoms with Gasteiger partial charge in [0, 0.05) is 11.6 Å². The molecule has 0 spiro atoms. The Bertz CT molecular complexity index is 1430. The van der Waals surface area contributed by atoms with Gasteiger partial charge >= 0.3 is 12.0 Å². The van der Waals surface area contributed by atoms with E-state index >= 15 is 0 Å². The van der Waals surface area contributed by atoms with E-state index in [2.05, 4.69) is 5.32 Å². The first-order valence-corrected chi connectivity index (χ1v) is 11.6. The minimum absolute atomic E-state index is 0.0609. The maximum atomic E-state index is 13.4. The summed E-state index contributed by atoms with van der Waals surface area (Å²) in [5.74, 6) is -1.63. The lowest BCUT2D eigenvalue weighted by atomic mass is 10.1. The molecule has 0 saturated carbocycles. The van der Waals surface area contributed by atoms with Crippen LogP contribution in [0.1, 0.15) is 28.4 Å². The molecule has 0 atom stereocenters. The van der Waals surface area contributed by atoms with Crippen molar-refractivity contribution in [3.05, 3.63) is 89.0 Å². The molecule has 3 aromatic carbocycles. The highest BCUT2D eigenvalue weighted by atomic mass is 16.5. The topological polar surface area (TPSA) is 131 Å². The summed E-state index contributed by atoms with van der Waals surface area (Å²) in [5, 5.41) is 11.3. The van der Waals surface area contributed by atoms with E-state index in [1.54, 1.807) is 48.5 Å². The maximum Gasteiger partial charge on any atom is 0.335 e. The number of anilines is 1. The van der Waals surface area contributed by atoms with Crippen molar-refractivity contribution >= 4 is 35.6 Å². The lowest BCUT2D eigenvalue weighted by Crippen LogP contribution is -2.54. The van der Waals surface area contributed by atoms with Gasteiger partial charge in [-0.15, -0.1) is 0 Å². The van der Waals surface area contributed by atoms with Gasteiger partial charge in [-0.2, -0.15) is 0 Å². The predicted octanol–water partition coefficient (Wildman–Crippen LogP) is 4.04. The zero-order chi connectivity index (χ0) is 27.2. The van der Waals surface area contributed by atoms with E-state index in [0.29, 0.717) is 29.2 Å². The van der Waals surface area contributed by atoms with Crippen molar-refractivity contribution in [2.45, 2.75) is 13.5 Å². The molecule has 4 rings (SSSR count). The third kappa shape index (κ3) is 5.49. The van der Waals surface area contributed by atoms with Crippen LogP contribution in [0.25, 0.3) is 6.08 Å². The molecule has 2 N–H and O–H groups in total. The highest BCUT2D eigenvalue weighted by Gasteiger charge is 2.37. The highest BCUT2D eigenvalue weighted by molar-refractivity contribution is 6.39. The van der Waals surface area contributed by atoms with Gasteiger partial charge in [-0.1, -0.05) is 30.3 Å². The third-order valence-electron chi connectivity index (χ3n) is 5.60. The number of nitrogens with zero attached hydrogens (tertiary/aromatic N) is 1. The number of para-hydroxylation sites is 1. The Morgan fingerprint density at radius 1 is 1.00 bits per heavy atom. The van der Waals surface area contributed by atoms with Gasteiger partial charge in [0.15, 0.2) is 11.5 Å². The number of methoxy groups -OCH3 is 1. The number of rotatable bonds is 9. The van der Waals surface area contributed by atoms with Crippen LogP contribution >= 0.6 is 0 Å². The number of hydrogen-bond donors (Lipinski definition) is 2. The van der Waals surface area contributed by atoms with Crippen molar-refractivity contribution in [2.24, 2.45) is 0 Å². The molecule has 1 saturated heterocycles. The average Bonchev–Trinajstić information content (AvgIpc) is 2.90. The number of carboxylic acid groups (broad SMARTS) is 1. The lowest BCUT2D eigenvalue weighted by Gasteiger charge is -2.26. The summed E-state index contributed by atoms with van der Waals surface area (Å²) in [7, 11) is 1.45. The zero-order valence-corrected chi connectivity index (χ0v) is 20.6. The first-order chi connectivity index (χ1) is 18.3. The molecule has 0 unspecified atom stereocenters. The minimum Gasteiger partial charge on any atom is -0.494 e. The molecule has 0 radical (unpaired) electrons. The Labute approximate surface area is 218 Å². The normalized spacial score (nSPS) is 14.3. The SMILES string of the molecule is CCOc1cccc(N2C(=O)NC(=O)/C(=C\c3cccc(OC)c3OCc3ccc(C(=O)O)cc3)C2=O)c1. The fraction of sp³-hybridized carbons (Fsp3) is 0.143. The quantitative estimate of drug-likeness (QED) is 0.322. The monoisotopic (exact) mass is 516 g/mol. The second-order valence-electron chi connectivity index (χ2n) is 8.06. The van der Waals surface area contributed by atoms with Crippen LogP contribution in [0.5, 0.6) is 17.2 Å². The van der Waals surface area contributed by atoms with Crippen LogP contribution in [0.2, 0.25) is 0 Å². The van der Waals surface area contributed by atoms with Gasteiger partial charge in [0.25, 0.3) is 11.8 Å². The summed E-state index contributed by atoms with van der Waals surface area (Å²) in [6.07, 6.45) is 1.33. The van der Waals surface area contributed by atoms with Gasteiger partial charge in [-0.25, -0.2) is 14.5 Å². The number of barbiturate groups is 1. The van der Waals surface area contributed by atoms with E-state index in [1.807, 2.05) is 6.92 Å². The summed E-state index contributed by atoms with van der Waals surface area (Å²) in [6, 6.07) is 16.7. The second kappa shape index (κ2) is 11.3. The van der Waals surface area contributed by atoms with Gasteiger partial charge in [0.05, 0.1) is 25.0 Å². The zero-order valence-electron chi connectivity index (χ0n) is 20.6. The molecular weight excluding hydrogens is 492 g/mol. The molecule has 38 heavy (non-hydrogen) atoms. The predicted molar refractivity (Wildman–Crippen MR) is 137 cm³/mol.